The summed E-state index contributed by atoms with van der Waals surface area (Å²) in [6.45, 7) is 7.53. The van der Waals surface area contributed by atoms with Crippen LogP contribution >= 0.6 is 23.7 Å². The van der Waals surface area contributed by atoms with Crippen LogP contribution in [-0.4, -0.2) is 25.5 Å². The van der Waals surface area contributed by atoms with Crippen LogP contribution in [0.4, 0.5) is 0 Å². The van der Waals surface area contributed by atoms with Crippen molar-refractivity contribution >= 4 is 29.7 Å². The predicted octanol–water partition coefficient (Wildman–Crippen LogP) is 3.41. The molecular weight excluding hydrogens is 316 g/mol. The molecule has 0 saturated carbocycles. The maximum Gasteiger partial charge on any atom is 0.252 e. The van der Waals surface area contributed by atoms with Gasteiger partial charge >= 0.3 is 0 Å². The first kappa shape index (κ1) is 17.8. The molecular formula is C17H27ClN2OS. The fourth-order valence-corrected chi connectivity index (χ4v) is 4.71. The number of carbonyl (C=O) groups excluding carboxylic acids is 1. The zero-order chi connectivity index (χ0) is 14.9. The van der Waals surface area contributed by atoms with Gasteiger partial charge in [-0.2, -0.15) is 0 Å². The molecule has 1 amide bonds. The molecule has 3 rings (SSSR count). The van der Waals surface area contributed by atoms with E-state index >= 15 is 0 Å². The van der Waals surface area contributed by atoms with Crippen molar-refractivity contribution in [3.8, 4) is 0 Å². The van der Waals surface area contributed by atoms with E-state index in [-0.39, 0.29) is 23.7 Å². The van der Waals surface area contributed by atoms with Gasteiger partial charge < -0.3 is 10.6 Å². The van der Waals surface area contributed by atoms with Crippen LogP contribution in [-0.2, 0) is 12.8 Å². The average Bonchev–Trinajstić information content (AvgIpc) is 2.88. The molecule has 1 aromatic rings. The molecule has 1 fully saturated rings. The van der Waals surface area contributed by atoms with E-state index in [1.807, 2.05) is 0 Å². The minimum atomic E-state index is 0. The number of thiophene rings is 1. The summed E-state index contributed by atoms with van der Waals surface area (Å²) in [7, 11) is 0. The number of amides is 1. The van der Waals surface area contributed by atoms with Crippen molar-refractivity contribution in [2.75, 3.05) is 19.6 Å². The molecule has 2 N–H and O–H groups in total. The molecule has 3 nitrogen and oxygen atoms in total. The molecule has 0 spiro atoms. The first-order valence-corrected chi connectivity index (χ1v) is 9.03. The van der Waals surface area contributed by atoms with Crippen molar-refractivity contribution in [1.29, 1.82) is 0 Å². The summed E-state index contributed by atoms with van der Waals surface area (Å²) in [4.78, 5) is 14.0. The van der Waals surface area contributed by atoms with E-state index in [0.29, 0.717) is 0 Å². The molecule has 0 radical (unpaired) electrons. The van der Waals surface area contributed by atoms with Crippen molar-refractivity contribution in [3.63, 3.8) is 0 Å². The molecule has 124 valence electrons. The lowest BCUT2D eigenvalue weighted by molar-refractivity contribution is 0.0921. The summed E-state index contributed by atoms with van der Waals surface area (Å²) in [5.74, 6) is 0.905. The van der Waals surface area contributed by atoms with Gasteiger partial charge in [0.25, 0.3) is 5.91 Å². The van der Waals surface area contributed by atoms with Crippen molar-refractivity contribution in [2.24, 2.45) is 11.3 Å². The Morgan fingerprint density at radius 2 is 2.18 bits per heavy atom. The molecule has 1 saturated heterocycles. The molecule has 1 atom stereocenters. The third-order valence-electron chi connectivity index (χ3n) is 5.13. The number of piperidine rings is 1. The van der Waals surface area contributed by atoms with E-state index in [1.165, 1.54) is 16.9 Å². The van der Waals surface area contributed by atoms with Crippen LogP contribution in [0.1, 0.15) is 53.9 Å². The highest BCUT2D eigenvalue weighted by Crippen LogP contribution is 2.33. The van der Waals surface area contributed by atoms with Crippen LogP contribution in [0.3, 0.4) is 0 Å². The van der Waals surface area contributed by atoms with Crippen molar-refractivity contribution < 1.29 is 4.79 Å². The summed E-state index contributed by atoms with van der Waals surface area (Å²) < 4.78 is 0. The molecule has 2 aliphatic rings. The largest absolute Gasteiger partial charge is 0.351 e. The first-order valence-electron chi connectivity index (χ1n) is 8.15. The quantitative estimate of drug-likeness (QED) is 0.883. The SMILES string of the molecule is CC1CCc2c(C(=O)NCC3(C)CCNCC3)csc2C1.Cl. The summed E-state index contributed by atoms with van der Waals surface area (Å²) >= 11 is 1.77. The number of fused-ring (bicyclic) bond motifs is 1. The average molecular weight is 343 g/mol. The van der Waals surface area contributed by atoms with E-state index < -0.39 is 0 Å². The maximum atomic E-state index is 12.5. The molecule has 1 aliphatic heterocycles. The normalized spacial score (nSPS) is 23.3. The number of nitrogens with one attached hydrogen (secondary N) is 2. The number of hydrogen-bond acceptors (Lipinski definition) is 3. The lowest BCUT2D eigenvalue weighted by Gasteiger charge is -2.34. The van der Waals surface area contributed by atoms with E-state index in [1.54, 1.807) is 11.3 Å². The third-order valence-corrected chi connectivity index (χ3v) is 6.18. The standard InChI is InChI=1S/C17H26N2OS.ClH/c1-12-3-4-13-14(10-21-15(13)9-12)16(20)19-11-17(2)5-7-18-8-6-17;/h10,12,18H,3-9,11H2,1-2H3,(H,19,20);1H. The van der Waals surface area contributed by atoms with Gasteiger partial charge in [-0.15, -0.1) is 23.7 Å². The Hall–Kier alpha value is -0.580. The molecule has 5 heteroatoms. The second-order valence-electron chi connectivity index (χ2n) is 7.14. The van der Waals surface area contributed by atoms with Gasteiger partial charge in [0.15, 0.2) is 0 Å². The highest BCUT2D eigenvalue weighted by atomic mass is 35.5. The number of carbonyl (C=O) groups is 1. The van der Waals surface area contributed by atoms with Crippen molar-refractivity contribution in [1.82, 2.24) is 10.6 Å². The molecule has 22 heavy (non-hydrogen) atoms. The fourth-order valence-electron chi connectivity index (χ4n) is 3.46. The van der Waals surface area contributed by atoms with Gasteiger partial charge in [0.2, 0.25) is 0 Å². The van der Waals surface area contributed by atoms with Crippen molar-refractivity contribution in [3.05, 3.63) is 21.4 Å². The van der Waals surface area contributed by atoms with Gasteiger partial charge in [-0.05, 0) is 62.1 Å². The molecule has 1 aromatic heterocycles. The first-order chi connectivity index (χ1) is 10.1. The summed E-state index contributed by atoms with van der Waals surface area (Å²) in [5.41, 5.74) is 2.52. The minimum Gasteiger partial charge on any atom is -0.351 e. The Morgan fingerprint density at radius 1 is 1.45 bits per heavy atom. The Bertz CT molecular complexity index is 523. The van der Waals surface area contributed by atoms with Crippen molar-refractivity contribution in [2.45, 2.75) is 46.0 Å². The summed E-state index contributed by atoms with van der Waals surface area (Å²) in [5, 5.41) is 8.66. The topological polar surface area (TPSA) is 41.1 Å². The van der Waals surface area contributed by atoms with E-state index in [2.05, 4.69) is 29.9 Å². The Kier molecular flexibility index (Phi) is 5.92. The lowest BCUT2D eigenvalue weighted by Crippen LogP contribution is -2.43. The second-order valence-corrected chi connectivity index (χ2v) is 8.11. The van der Waals surface area contributed by atoms with E-state index in [4.69, 9.17) is 0 Å². The van der Waals surface area contributed by atoms with Gasteiger partial charge in [-0.1, -0.05) is 13.8 Å². The monoisotopic (exact) mass is 342 g/mol. The molecule has 0 aromatic carbocycles. The fraction of sp³-hybridized carbons (Fsp3) is 0.706. The lowest BCUT2D eigenvalue weighted by atomic mass is 9.81. The minimum absolute atomic E-state index is 0. The summed E-state index contributed by atoms with van der Waals surface area (Å²) in [6.07, 6.45) is 5.73. The Balaban J connectivity index is 0.00000176. The maximum absolute atomic E-state index is 12.5. The smallest absolute Gasteiger partial charge is 0.252 e. The van der Waals surface area contributed by atoms with Gasteiger partial charge in [-0.3, -0.25) is 4.79 Å². The second kappa shape index (κ2) is 7.33. The third kappa shape index (κ3) is 3.84. The number of hydrogen-bond donors (Lipinski definition) is 2. The van der Waals surface area contributed by atoms with Gasteiger partial charge in [0, 0.05) is 16.8 Å². The Morgan fingerprint density at radius 3 is 2.91 bits per heavy atom. The van der Waals surface area contributed by atoms with E-state index in [0.717, 1.165) is 56.8 Å². The van der Waals surface area contributed by atoms with E-state index in [9.17, 15) is 4.79 Å². The highest BCUT2D eigenvalue weighted by molar-refractivity contribution is 7.10. The number of rotatable bonds is 3. The van der Waals surface area contributed by atoms with Crippen LogP contribution in [0, 0.1) is 11.3 Å². The molecule has 0 bridgehead atoms. The molecule has 1 aliphatic carbocycles. The number of halogens is 1. The Labute approximate surface area is 143 Å². The van der Waals surface area contributed by atoms with Crippen LogP contribution in [0.5, 0.6) is 0 Å². The molecule has 2 heterocycles. The van der Waals surface area contributed by atoms with Crippen LogP contribution < -0.4 is 10.6 Å². The van der Waals surface area contributed by atoms with Crippen LogP contribution in [0.25, 0.3) is 0 Å². The molecule has 1 unspecified atom stereocenters. The zero-order valence-corrected chi connectivity index (χ0v) is 15.2. The zero-order valence-electron chi connectivity index (χ0n) is 13.5. The summed E-state index contributed by atoms with van der Waals surface area (Å²) in [6, 6.07) is 0. The highest BCUT2D eigenvalue weighted by Gasteiger charge is 2.28. The van der Waals surface area contributed by atoms with Crippen LogP contribution in [0.15, 0.2) is 5.38 Å². The van der Waals surface area contributed by atoms with Gasteiger partial charge in [-0.25, -0.2) is 0 Å². The van der Waals surface area contributed by atoms with Gasteiger partial charge in [0.05, 0.1) is 5.56 Å². The predicted molar refractivity (Wildman–Crippen MR) is 95.3 cm³/mol. The van der Waals surface area contributed by atoms with Gasteiger partial charge in [0.1, 0.15) is 0 Å². The van der Waals surface area contributed by atoms with Crippen LogP contribution in [0.2, 0.25) is 0 Å².